The molecule has 0 spiro atoms. The van der Waals surface area contributed by atoms with E-state index in [1.165, 1.54) is 10.9 Å². The lowest BCUT2D eigenvalue weighted by molar-refractivity contribution is -0.0560. The van der Waals surface area contributed by atoms with Crippen LogP contribution >= 0.6 is 7.82 Å². The summed E-state index contributed by atoms with van der Waals surface area (Å²) in [5.41, 5.74) is 9.13. The Morgan fingerprint density at radius 1 is 1.48 bits per heavy atom. The van der Waals surface area contributed by atoms with Crippen molar-refractivity contribution in [3.05, 3.63) is 6.33 Å². The van der Waals surface area contributed by atoms with E-state index in [0.29, 0.717) is 0 Å². The van der Waals surface area contributed by atoms with Gasteiger partial charge in [0.2, 0.25) is 5.95 Å². The molecule has 0 bridgehead atoms. The van der Waals surface area contributed by atoms with Crippen molar-refractivity contribution in [3.63, 3.8) is 0 Å². The van der Waals surface area contributed by atoms with Gasteiger partial charge in [-0.25, -0.2) is 13.9 Å². The second-order valence-electron chi connectivity index (χ2n) is 5.70. The fraction of sp³-hybridized carbons (Fsp3) is 0.545. The molecule has 3 rings (SSSR count). The molecule has 3 heterocycles. The van der Waals surface area contributed by atoms with E-state index < -0.39 is 38.5 Å². The number of ether oxygens (including phenoxy) is 1. The monoisotopic (exact) mass is 378 g/mol. The number of hydrogen-bond acceptors (Lipinski definition) is 9. The zero-order valence-corrected chi connectivity index (χ0v) is 13.7. The summed E-state index contributed by atoms with van der Waals surface area (Å²) in [5, 5.41) is 10.1. The van der Waals surface area contributed by atoms with Gasteiger partial charge in [-0.1, -0.05) is 0 Å². The van der Waals surface area contributed by atoms with Crippen LogP contribution in [0.2, 0.25) is 0 Å². The Balaban J connectivity index is 1.96. The van der Waals surface area contributed by atoms with Crippen LogP contribution in [0.25, 0.3) is 11.2 Å². The smallest absolute Gasteiger partial charge is 0.387 e. The van der Waals surface area contributed by atoms with E-state index >= 15 is 4.39 Å². The highest BCUT2D eigenvalue weighted by Crippen LogP contribution is 2.44. The summed E-state index contributed by atoms with van der Waals surface area (Å²) in [7, 11) is -4.80. The molecular formula is C11H16FN6O6P. The highest BCUT2D eigenvalue weighted by molar-refractivity contribution is 7.46. The van der Waals surface area contributed by atoms with E-state index in [4.69, 9.17) is 26.0 Å². The molecule has 25 heavy (non-hydrogen) atoms. The van der Waals surface area contributed by atoms with E-state index in [1.807, 2.05) is 0 Å². The summed E-state index contributed by atoms with van der Waals surface area (Å²) >= 11 is 0. The van der Waals surface area contributed by atoms with Gasteiger partial charge in [-0.3, -0.25) is 9.09 Å². The van der Waals surface area contributed by atoms with Crippen LogP contribution in [-0.2, 0) is 13.8 Å². The predicted octanol–water partition coefficient (Wildman–Crippen LogP) is -0.913. The fourth-order valence-corrected chi connectivity index (χ4v) is 2.99. The Morgan fingerprint density at radius 2 is 2.16 bits per heavy atom. The number of phosphoric ester groups is 1. The minimum Gasteiger partial charge on any atom is -0.387 e. The third-order valence-corrected chi connectivity index (χ3v) is 4.33. The number of rotatable bonds is 4. The molecular weight excluding hydrogens is 362 g/mol. The van der Waals surface area contributed by atoms with Crippen LogP contribution in [0.15, 0.2) is 6.33 Å². The lowest BCUT2D eigenvalue weighted by Gasteiger charge is -2.24. The van der Waals surface area contributed by atoms with Crippen LogP contribution in [0, 0.1) is 0 Å². The van der Waals surface area contributed by atoms with Crippen LogP contribution in [0.4, 0.5) is 16.2 Å². The third kappa shape index (κ3) is 3.17. The molecule has 1 saturated heterocycles. The summed E-state index contributed by atoms with van der Waals surface area (Å²) < 4.78 is 36.7. The number of aromatic nitrogens is 4. The first-order chi connectivity index (χ1) is 11.5. The molecule has 7 N–H and O–H groups in total. The van der Waals surface area contributed by atoms with Gasteiger partial charge >= 0.3 is 7.82 Å². The first-order valence-corrected chi connectivity index (χ1v) is 8.52. The minimum absolute atomic E-state index is 0.0123. The van der Waals surface area contributed by atoms with E-state index in [9.17, 15) is 9.67 Å². The maximum absolute atomic E-state index is 15.1. The summed E-state index contributed by atoms with van der Waals surface area (Å²) in [6, 6.07) is 0. The van der Waals surface area contributed by atoms with Crippen molar-refractivity contribution in [3.8, 4) is 0 Å². The number of hydrogen-bond donors (Lipinski definition) is 5. The molecule has 0 amide bonds. The number of phosphoric acid groups is 1. The molecule has 2 aromatic heterocycles. The van der Waals surface area contributed by atoms with Gasteiger partial charge in [0.1, 0.15) is 17.7 Å². The first kappa shape index (κ1) is 17.9. The molecule has 2 aromatic rings. The summed E-state index contributed by atoms with van der Waals surface area (Å²) in [6.07, 6.45) is -3.28. The number of alkyl halides is 1. The summed E-state index contributed by atoms with van der Waals surface area (Å²) in [6.45, 7) is 0.354. The van der Waals surface area contributed by atoms with Crippen molar-refractivity contribution >= 4 is 30.8 Å². The summed E-state index contributed by atoms with van der Waals surface area (Å²) in [4.78, 5) is 29.2. The van der Waals surface area contributed by atoms with Gasteiger partial charge in [-0.05, 0) is 6.92 Å². The third-order valence-electron chi connectivity index (χ3n) is 3.84. The van der Waals surface area contributed by atoms with Crippen LogP contribution in [0.3, 0.4) is 0 Å². The number of imidazole rings is 1. The normalized spacial score (nSPS) is 30.2. The lowest BCUT2D eigenvalue weighted by Crippen LogP contribution is -2.40. The Kier molecular flexibility index (Phi) is 4.18. The van der Waals surface area contributed by atoms with Gasteiger partial charge < -0.3 is 31.1 Å². The largest absolute Gasteiger partial charge is 0.469 e. The van der Waals surface area contributed by atoms with Gasteiger partial charge in [0.25, 0.3) is 0 Å². The maximum atomic E-state index is 15.1. The molecule has 1 aliphatic heterocycles. The van der Waals surface area contributed by atoms with Gasteiger partial charge in [-0.15, -0.1) is 0 Å². The molecule has 0 radical (unpaired) electrons. The Morgan fingerprint density at radius 3 is 2.80 bits per heavy atom. The number of aliphatic hydroxyl groups excluding tert-OH is 1. The zero-order valence-electron chi connectivity index (χ0n) is 12.9. The van der Waals surface area contributed by atoms with E-state index in [2.05, 4.69) is 19.5 Å². The second kappa shape index (κ2) is 5.83. The fourth-order valence-electron chi connectivity index (χ4n) is 2.65. The number of fused-ring (bicyclic) bond motifs is 1. The SMILES string of the molecule is CC1(F)C(O)[C@@H](COP(=O)(O)O)O[C@H]1n1cnc2c(N)nc(N)nc21. The van der Waals surface area contributed by atoms with Crippen LogP contribution in [0.5, 0.6) is 0 Å². The highest BCUT2D eigenvalue weighted by atomic mass is 31.2. The van der Waals surface area contributed by atoms with E-state index in [1.54, 1.807) is 0 Å². The Hall–Kier alpha value is -1.89. The number of aliphatic hydroxyl groups is 1. The number of anilines is 2. The van der Waals surface area contributed by atoms with Crippen molar-refractivity contribution in [2.24, 2.45) is 0 Å². The molecule has 2 unspecified atom stereocenters. The van der Waals surface area contributed by atoms with Gasteiger partial charge in [0.05, 0.1) is 12.9 Å². The predicted molar refractivity (Wildman–Crippen MR) is 81.6 cm³/mol. The average molecular weight is 378 g/mol. The molecule has 14 heteroatoms. The second-order valence-corrected chi connectivity index (χ2v) is 6.94. The molecule has 138 valence electrons. The van der Waals surface area contributed by atoms with Gasteiger partial charge in [0, 0.05) is 0 Å². The standard InChI is InChI=1S/C11H16FN6O6P/c1-11(12)6(19)4(2-23-25(20,21)22)24-9(11)18-3-15-5-7(13)16-10(14)17-8(5)18/h3-4,6,9,19H,2H2,1H3,(H2,20,21,22)(H4,13,14,16,17)/t4-,6?,9-,11?/m1/s1. The van der Waals surface area contributed by atoms with E-state index in [-0.39, 0.29) is 22.9 Å². The van der Waals surface area contributed by atoms with Crippen molar-refractivity contribution in [2.45, 2.75) is 31.0 Å². The van der Waals surface area contributed by atoms with E-state index in [0.717, 1.165) is 6.92 Å². The number of nitrogens with two attached hydrogens (primary N) is 2. The van der Waals surface area contributed by atoms with Crippen molar-refractivity contribution in [2.75, 3.05) is 18.1 Å². The quantitative estimate of drug-likeness (QED) is 0.413. The average Bonchev–Trinajstić information content (AvgIpc) is 2.97. The van der Waals surface area contributed by atoms with Crippen LogP contribution in [0.1, 0.15) is 13.2 Å². The number of nitrogen functional groups attached to an aromatic ring is 2. The number of nitrogens with zero attached hydrogens (tertiary/aromatic N) is 4. The molecule has 4 atom stereocenters. The zero-order chi connectivity index (χ0) is 18.6. The van der Waals surface area contributed by atoms with Crippen LogP contribution in [-0.4, -0.2) is 58.9 Å². The molecule has 1 aliphatic rings. The Labute approximate surface area is 139 Å². The molecule has 0 aromatic carbocycles. The van der Waals surface area contributed by atoms with Gasteiger partial charge in [-0.2, -0.15) is 9.97 Å². The van der Waals surface area contributed by atoms with Crippen LogP contribution < -0.4 is 11.5 Å². The molecule has 0 aliphatic carbocycles. The Bertz CT molecular complexity index is 855. The van der Waals surface area contributed by atoms with Crippen molar-refractivity contribution < 1.29 is 33.1 Å². The summed E-state index contributed by atoms with van der Waals surface area (Å²) in [5.74, 6) is -0.172. The highest BCUT2D eigenvalue weighted by Gasteiger charge is 2.55. The number of halogens is 1. The maximum Gasteiger partial charge on any atom is 0.469 e. The lowest BCUT2D eigenvalue weighted by atomic mass is 9.98. The van der Waals surface area contributed by atoms with Crippen molar-refractivity contribution in [1.82, 2.24) is 19.5 Å². The topological polar surface area (TPSA) is 192 Å². The van der Waals surface area contributed by atoms with Crippen molar-refractivity contribution in [1.29, 1.82) is 0 Å². The minimum atomic E-state index is -4.80. The molecule has 0 saturated carbocycles. The first-order valence-electron chi connectivity index (χ1n) is 6.98. The molecule has 1 fully saturated rings. The van der Waals surface area contributed by atoms with Gasteiger partial charge in [0.15, 0.2) is 23.4 Å². The molecule has 12 nitrogen and oxygen atoms in total.